The van der Waals surface area contributed by atoms with E-state index in [1.165, 1.54) is 0 Å². The van der Waals surface area contributed by atoms with Crippen LogP contribution in [0.15, 0.2) is 4.99 Å². The number of rotatable bonds is 6. The number of likely N-dealkylation sites (tertiary alicyclic amines) is 1. The van der Waals surface area contributed by atoms with Crippen molar-refractivity contribution in [2.75, 3.05) is 39.3 Å². The zero-order valence-electron chi connectivity index (χ0n) is 13.9. The summed E-state index contributed by atoms with van der Waals surface area (Å²) in [6.07, 6.45) is 1.75. The van der Waals surface area contributed by atoms with Crippen LogP contribution in [0.3, 0.4) is 0 Å². The van der Waals surface area contributed by atoms with Gasteiger partial charge in [0.15, 0.2) is 5.96 Å². The Hall–Kier alpha value is -1.79. The van der Waals surface area contributed by atoms with Crippen LogP contribution in [0.4, 0.5) is 0 Å². The fraction of sp³-hybridized carbons (Fsp3) is 0.800. The monoisotopic (exact) mass is 312 g/mol. The molecule has 0 saturated carbocycles. The average Bonchev–Trinajstić information content (AvgIpc) is 2.52. The van der Waals surface area contributed by atoms with Gasteiger partial charge in [0.25, 0.3) is 0 Å². The molecule has 1 amide bonds. The Balaban J connectivity index is 2.67. The van der Waals surface area contributed by atoms with E-state index in [-0.39, 0.29) is 24.3 Å². The van der Waals surface area contributed by atoms with Crippen LogP contribution in [0, 0.1) is 5.92 Å². The smallest absolute Gasteiger partial charge is 0.310 e. The number of ether oxygens (including phenoxy) is 1. The van der Waals surface area contributed by atoms with Gasteiger partial charge in [-0.05, 0) is 33.6 Å². The van der Waals surface area contributed by atoms with Gasteiger partial charge in [-0.25, -0.2) is 4.99 Å². The lowest BCUT2D eigenvalue weighted by Gasteiger charge is -2.33. The summed E-state index contributed by atoms with van der Waals surface area (Å²) in [5.41, 5.74) is 0. The molecule has 1 saturated heterocycles. The second-order valence-electron chi connectivity index (χ2n) is 5.16. The molecule has 0 radical (unpaired) electrons. The third-order valence-corrected chi connectivity index (χ3v) is 3.42. The lowest BCUT2D eigenvalue weighted by molar-refractivity contribution is -0.149. The quantitative estimate of drug-likeness (QED) is 0.420. The van der Waals surface area contributed by atoms with Crippen LogP contribution >= 0.6 is 0 Å². The van der Waals surface area contributed by atoms with Gasteiger partial charge in [0.1, 0.15) is 6.54 Å². The average molecular weight is 312 g/mol. The summed E-state index contributed by atoms with van der Waals surface area (Å²) >= 11 is 0. The summed E-state index contributed by atoms with van der Waals surface area (Å²) < 4.78 is 5.11. The highest BCUT2D eigenvalue weighted by molar-refractivity contribution is 5.85. The lowest BCUT2D eigenvalue weighted by Crippen LogP contribution is -2.48. The largest absolute Gasteiger partial charge is 0.466 e. The minimum atomic E-state index is -0.147. The number of guanidine groups is 1. The Morgan fingerprint density at radius 2 is 1.95 bits per heavy atom. The predicted octanol–water partition coefficient (Wildman–Crippen LogP) is 0.363. The summed E-state index contributed by atoms with van der Waals surface area (Å²) in [6, 6.07) is 0. The third-order valence-electron chi connectivity index (χ3n) is 3.42. The number of carbonyl (C=O) groups excluding carboxylic acids is 2. The maximum Gasteiger partial charge on any atom is 0.310 e. The van der Waals surface area contributed by atoms with E-state index in [1.54, 1.807) is 0 Å². The van der Waals surface area contributed by atoms with Crippen molar-refractivity contribution in [3.63, 3.8) is 0 Å². The molecular weight excluding hydrogens is 284 g/mol. The Morgan fingerprint density at radius 3 is 2.59 bits per heavy atom. The van der Waals surface area contributed by atoms with E-state index >= 15 is 0 Å². The van der Waals surface area contributed by atoms with Crippen molar-refractivity contribution in [1.29, 1.82) is 0 Å². The fourth-order valence-corrected chi connectivity index (χ4v) is 2.45. The van der Waals surface area contributed by atoms with Crippen LogP contribution in [-0.4, -0.2) is 62.1 Å². The molecule has 1 heterocycles. The first-order valence-corrected chi connectivity index (χ1v) is 8.08. The van der Waals surface area contributed by atoms with Crippen LogP contribution in [0.5, 0.6) is 0 Å². The Morgan fingerprint density at radius 1 is 1.23 bits per heavy atom. The molecule has 0 bridgehead atoms. The van der Waals surface area contributed by atoms with E-state index in [4.69, 9.17) is 4.74 Å². The highest BCUT2D eigenvalue weighted by Gasteiger charge is 2.28. The molecule has 1 aliphatic rings. The fourth-order valence-electron chi connectivity index (χ4n) is 2.45. The van der Waals surface area contributed by atoms with Gasteiger partial charge in [-0.15, -0.1) is 0 Å². The first-order valence-electron chi connectivity index (χ1n) is 8.08. The van der Waals surface area contributed by atoms with Crippen molar-refractivity contribution in [3.05, 3.63) is 0 Å². The van der Waals surface area contributed by atoms with Crippen LogP contribution in [-0.2, 0) is 14.3 Å². The number of piperidine rings is 1. The molecule has 1 rings (SSSR count). The van der Waals surface area contributed by atoms with Crippen molar-refractivity contribution in [2.24, 2.45) is 10.9 Å². The molecule has 126 valence electrons. The highest BCUT2D eigenvalue weighted by Crippen LogP contribution is 2.18. The van der Waals surface area contributed by atoms with Crippen LogP contribution in [0.25, 0.3) is 0 Å². The molecule has 0 spiro atoms. The molecule has 22 heavy (non-hydrogen) atoms. The van der Waals surface area contributed by atoms with E-state index in [1.807, 2.05) is 25.7 Å². The SMILES string of the molecule is CCNC(=O)CN=C(NCC)N1CCCC(C(=O)OCC)C1. The zero-order valence-corrected chi connectivity index (χ0v) is 13.9. The zero-order chi connectivity index (χ0) is 16.4. The number of nitrogens with one attached hydrogen (secondary N) is 2. The molecule has 1 fully saturated rings. The van der Waals surface area contributed by atoms with E-state index < -0.39 is 0 Å². The predicted molar refractivity (Wildman–Crippen MR) is 85.6 cm³/mol. The van der Waals surface area contributed by atoms with E-state index in [0.29, 0.717) is 25.7 Å². The van der Waals surface area contributed by atoms with Gasteiger partial charge in [-0.2, -0.15) is 0 Å². The Labute approximate surface area is 132 Å². The molecule has 0 aromatic rings. The lowest BCUT2D eigenvalue weighted by atomic mass is 9.98. The second kappa shape index (κ2) is 10.0. The maximum atomic E-state index is 11.9. The van der Waals surface area contributed by atoms with E-state index in [0.717, 1.165) is 25.9 Å². The molecule has 2 N–H and O–H groups in total. The second-order valence-corrected chi connectivity index (χ2v) is 5.16. The first-order chi connectivity index (χ1) is 10.6. The van der Waals surface area contributed by atoms with Gasteiger partial charge in [0, 0.05) is 26.2 Å². The normalized spacial score (nSPS) is 18.8. The Kier molecular flexibility index (Phi) is 8.32. The van der Waals surface area contributed by atoms with Crippen LogP contribution < -0.4 is 10.6 Å². The molecule has 7 nitrogen and oxygen atoms in total. The molecule has 0 aliphatic carbocycles. The number of aliphatic imine (C=N–C) groups is 1. The van der Waals surface area contributed by atoms with Crippen LogP contribution in [0.2, 0.25) is 0 Å². The van der Waals surface area contributed by atoms with Gasteiger partial charge < -0.3 is 20.3 Å². The highest BCUT2D eigenvalue weighted by atomic mass is 16.5. The number of nitrogens with zero attached hydrogens (tertiary/aromatic N) is 2. The van der Waals surface area contributed by atoms with Crippen molar-refractivity contribution < 1.29 is 14.3 Å². The van der Waals surface area contributed by atoms with Crippen molar-refractivity contribution in [1.82, 2.24) is 15.5 Å². The molecule has 1 unspecified atom stereocenters. The number of carbonyl (C=O) groups is 2. The summed E-state index contributed by atoms with van der Waals surface area (Å²) in [5.74, 6) is 0.313. The summed E-state index contributed by atoms with van der Waals surface area (Å²) in [4.78, 5) is 29.9. The van der Waals surface area contributed by atoms with Gasteiger partial charge >= 0.3 is 5.97 Å². The number of esters is 1. The Bertz CT molecular complexity index is 398. The van der Waals surface area contributed by atoms with E-state index in [9.17, 15) is 9.59 Å². The van der Waals surface area contributed by atoms with Crippen molar-refractivity contribution in [2.45, 2.75) is 33.6 Å². The van der Waals surface area contributed by atoms with Gasteiger partial charge in [0.05, 0.1) is 12.5 Å². The third kappa shape index (κ3) is 5.91. The number of amides is 1. The molecule has 7 heteroatoms. The molecular formula is C15H28N4O3. The summed E-state index contributed by atoms with van der Waals surface area (Å²) in [6.45, 7) is 8.90. The van der Waals surface area contributed by atoms with Gasteiger partial charge in [-0.3, -0.25) is 9.59 Å². The number of likely N-dealkylation sites (N-methyl/N-ethyl adjacent to an activating group) is 1. The van der Waals surface area contributed by atoms with E-state index in [2.05, 4.69) is 15.6 Å². The maximum absolute atomic E-state index is 11.9. The minimum absolute atomic E-state index is 0.0940. The number of hydrogen-bond donors (Lipinski definition) is 2. The van der Waals surface area contributed by atoms with Crippen molar-refractivity contribution >= 4 is 17.8 Å². The molecule has 1 atom stereocenters. The minimum Gasteiger partial charge on any atom is -0.466 e. The summed E-state index contributed by atoms with van der Waals surface area (Å²) in [5, 5.41) is 5.91. The summed E-state index contributed by atoms with van der Waals surface area (Å²) in [7, 11) is 0. The number of hydrogen-bond acceptors (Lipinski definition) is 4. The van der Waals surface area contributed by atoms with Crippen LogP contribution in [0.1, 0.15) is 33.6 Å². The topological polar surface area (TPSA) is 83.0 Å². The molecule has 0 aromatic heterocycles. The standard InChI is InChI=1S/C15H28N4O3/c1-4-16-13(20)10-18-15(17-5-2)19-9-7-8-12(11-19)14(21)22-6-3/h12H,4-11H2,1-3H3,(H,16,20)(H,17,18). The van der Waals surface area contributed by atoms with Gasteiger partial charge in [-0.1, -0.05) is 0 Å². The molecule has 0 aromatic carbocycles. The van der Waals surface area contributed by atoms with Crippen molar-refractivity contribution in [3.8, 4) is 0 Å². The first kappa shape index (κ1) is 18.3. The molecule has 1 aliphatic heterocycles. The van der Waals surface area contributed by atoms with Gasteiger partial charge in [0.2, 0.25) is 5.91 Å².